The molecule has 0 spiro atoms. The van der Waals surface area contributed by atoms with Crippen molar-refractivity contribution in [1.29, 1.82) is 0 Å². The minimum atomic E-state index is 0.144. The number of nitrogens with zero attached hydrogens (tertiary/aromatic N) is 1. The van der Waals surface area contributed by atoms with Gasteiger partial charge in [0.2, 0.25) is 5.91 Å². The highest BCUT2D eigenvalue weighted by Crippen LogP contribution is 2.26. The van der Waals surface area contributed by atoms with Crippen LogP contribution in [0.4, 0.5) is 0 Å². The second-order valence-electron chi connectivity index (χ2n) is 5.75. The van der Waals surface area contributed by atoms with Gasteiger partial charge in [0.05, 0.1) is 0 Å². The first-order valence-corrected chi connectivity index (χ1v) is 7.20. The van der Waals surface area contributed by atoms with Crippen LogP contribution < -0.4 is 5.73 Å². The van der Waals surface area contributed by atoms with Gasteiger partial charge in [-0.15, -0.1) is 0 Å². The Morgan fingerprint density at radius 3 is 2.72 bits per heavy atom. The van der Waals surface area contributed by atoms with Crippen LogP contribution in [0.15, 0.2) is 0 Å². The van der Waals surface area contributed by atoms with E-state index in [2.05, 4.69) is 0 Å². The molecule has 106 valence electrons. The molecular formula is C14H28N2O2. The number of carbonyl (C=O) groups excluding carboxylic acids is 1. The van der Waals surface area contributed by atoms with E-state index in [0.717, 1.165) is 25.7 Å². The highest BCUT2D eigenvalue weighted by atomic mass is 16.3. The van der Waals surface area contributed by atoms with Crippen LogP contribution in [0.2, 0.25) is 0 Å². The molecule has 1 aliphatic rings. The molecule has 3 N–H and O–H groups in total. The van der Waals surface area contributed by atoms with Crippen LogP contribution in [0.3, 0.4) is 0 Å². The maximum atomic E-state index is 12.3. The van der Waals surface area contributed by atoms with Crippen LogP contribution in [0, 0.1) is 5.92 Å². The molecule has 0 aromatic heterocycles. The number of rotatable bonds is 6. The normalized spacial score (nSPS) is 24.3. The fourth-order valence-corrected chi connectivity index (χ4v) is 2.79. The molecule has 4 heteroatoms. The van der Waals surface area contributed by atoms with Gasteiger partial charge in [0.25, 0.3) is 0 Å². The molecular weight excluding hydrogens is 228 g/mol. The predicted octanol–water partition coefficient (Wildman–Crippen LogP) is 1.51. The number of nitrogens with two attached hydrogens (primary N) is 1. The minimum Gasteiger partial charge on any atom is -0.396 e. The van der Waals surface area contributed by atoms with Crippen molar-refractivity contribution >= 4 is 5.91 Å². The molecule has 0 radical (unpaired) electrons. The van der Waals surface area contributed by atoms with Gasteiger partial charge in [-0.25, -0.2) is 0 Å². The molecule has 1 saturated carbocycles. The fraction of sp³-hybridized carbons (Fsp3) is 0.929. The van der Waals surface area contributed by atoms with Crippen molar-refractivity contribution in [2.75, 3.05) is 13.2 Å². The molecule has 1 fully saturated rings. The molecule has 0 aromatic carbocycles. The lowest BCUT2D eigenvalue weighted by Crippen LogP contribution is -2.40. The molecule has 0 bridgehead atoms. The standard InChI is InChI=1S/C14H28N2O2/c1-11(2)16(7-4-8-17)14(18)10-12-5-3-6-13(15)9-12/h11-13,17H,3-10,15H2,1-2H3. The zero-order valence-electron chi connectivity index (χ0n) is 11.8. The lowest BCUT2D eigenvalue weighted by molar-refractivity contribution is -0.134. The van der Waals surface area contributed by atoms with Crippen LogP contribution in [0.5, 0.6) is 0 Å². The second kappa shape index (κ2) is 7.74. The van der Waals surface area contributed by atoms with Crippen LogP contribution in [0.25, 0.3) is 0 Å². The Morgan fingerprint density at radius 2 is 2.17 bits per heavy atom. The van der Waals surface area contributed by atoms with Gasteiger partial charge in [-0.1, -0.05) is 6.42 Å². The summed E-state index contributed by atoms with van der Waals surface area (Å²) in [5.74, 6) is 0.675. The Bertz CT molecular complexity index is 256. The number of carbonyl (C=O) groups is 1. The van der Waals surface area contributed by atoms with E-state index >= 15 is 0 Å². The molecule has 1 amide bonds. The van der Waals surface area contributed by atoms with E-state index in [1.165, 1.54) is 0 Å². The summed E-state index contributed by atoms with van der Waals surface area (Å²) < 4.78 is 0. The summed E-state index contributed by atoms with van der Waals surface area (Å²) in [6.45, 7) is 4.86. The molecule has 1 aliphatic carbocycles. The van der Waals surface area contributed by atoms with E-state index in [4.69, 9.17) is 10.8 Å². The van der Waals surface area contributed by atoms with E-state index in [0.29, 0.717) is 25.3 Å². The van der Waals surface area contributed by atoms with Crippen molar-refractivity contribution in [3.05, 3.63) is 0 Å². The number of aliphatic hydroxyl groups excluding tert-OH is 1. The second-order valence-corrected chi connectivity index (χ2v) is 5.75. The van der Waals surface area contributed by atoms with Crippen molar-refractivity contribution < 1.29 is 9.90 Å². The number of hydrogen-bond donors (Lipinski definition) is 2. The zero-order chi connectivity index (χ0) is 13.5. The molecule has 0 saturated heterocycles. The summed E-state index contributed by atoms with van der Waals surface area (Å²) in [6, 6.07) is 0.489. The van der Waals surface area contributed by atoms with Gasteiger partial charge < -0.3 is 15.7 Å². The maximum absolute atomic E-state index is 12.3. The first kappa shape index (κ1) is 15.4. The summed E-state index contributed by atoms with van der Waals surface area (Å²) in [5.41, 5.74) is 5.96. The molecule has 2 unspecified atom stereocenters. The lowest BCUT2D eigenvalue weighted by atomic mass is 9.84. The van der Waals surface area contributed by atoms with E-state index in [1.54, 1.807) is 0 Å². The largest absolute Gasteiger partial charge is 0.396 e. The number of hydrogen-bond acceptors (Lipinski definition) is 3. The fourth-order valence-electron chi connectivity index (χ4n) is 2.79. The van der Waals surface area contributed by atoms with Gasteiger partial charge in [0.15, 0.2) is 0 Å². The van der Waals surface area contributed by atoms with Gasteiger partial charge >= 0.3 is 0 Å². The number of amides is 1. The van der Waals surface area contributed by atoms with Crippen molar-refractivity contribution in [1.82, 2.24) is 4.90 Å². The summed E-state index contributed by atoms with van der Waals surface area (Å²) in [4.78, 5) is 14.2. The zero-order valence-corrected chi connectivity index (χ0v) is 11.8. The Hall–Kier alpha value is -0.610. The third kappa shape index (κ3) is 4.94. The SMILES string of the molecule is CC(C)N(CCCO)C(=O)CC1CCCC(N)C1. The van der Waals surface area contributed by atoms with Crippen molar-refractivity contribution in [3.63, 3.8) is 0 Å². The van der Waals surface area contributed by atoms with Crippen LogP contribution >= 0.6 is 0 Å². The highest BCUT2D eigenvalue weighted by molar-refractivity contribution is 5.76. The average molecular weight is 256 g/mol. The van der Waals surface area contributed by atoms with Gasteiger partial charge in [0.1, 0.15) is 0 Å². The van der Waals surface area contributed by atoms with Gasteiger partial charge in [-0.2, -0.15) is 0 Å². The Morgan fingerprint density at radius 1 is 1.44 bits per heavy atom. The summed E-state index contributed by atoms with van der Waals surface area (Å²) in [7, 11) is 0. The molecule has 4 nitrogen and oxygen atoms in total. The number of aliphatic hydroxyl groups is 1. The Labute approximate surface area is 111 Å². The highest BCUT2D eigenvalue weighted by Gasteiger charge is 2.24. The lowest BCUT2D eigenvalue weighted by Gasteiger charge is -2.31. The quantitative estimate of drug-likeness (QED) is 0.757. The molecule has 0 aliphatic heterocycles. The van der Waals surface area contributed by atoms with Gasteiger partial charge in [-0.3, -0.25) is 4.79 Å². The Kier molecular flexibility index (Phi) is 6.65. The van der Waals surface area contributed by atoms with Gasteiger partial charge in [-0.05, 0) is 45.4 Å². The first-order chi connectivity index (χ1) is 8.54. The molecule has 1 rings (SSSR count). The monoisotopic (exact) mass is 256 g/mol. The van der Waals surface area contributed by atoms with E-state index in [9.17, 15) is 4.79 Å². The predicted molar refractivity (Wildman–Crippen MR) is 73.1 cm³/mol. The average Bonchev–Trinajstić information content (AvgIpc) is 2.29. The minimum absolute atomic E-state index is 0.144. The van der Waals surface area contributed by atoms with Crippen LogP contribution in [0.1, 0.15) is 52.4 Å². The third-order valence-corrected chi connectivity index (χ3v) is 3.79. The third-order valence-electron chi connectivity index (χ3n) is 3.79. The smallest absolute Gasteiger partial charge is 0.223 e. The van der Waals surface area contributed by atoms with Crippen molar-refractivity contribution in [3.8, 4) is 0 Å². The molecule has 18 heavy (non-hydrogen) atoms. The van der Waals surface area contributed by atoms with Crippen LogP contribution in [-0.4, -0.2) is 41.1 Å². The molecule has 0 aromatic rings. The molecule has 2 atom stereocenters. The van der Waals surface area contributed by atoms with Gasteiger partial charge in [0, 0.05) is 31.7 Å². The Balaban J connectivity index is 2.44. The summed E-state index contributed by atoms with van der Waals surface area (Å²) in [6.07, 6.45) is 5.65. The van der Waals surface area contributed by atoms with E-state index < -0.39 is 0 Å². The topological polar surface area (TPSA) is 66.6 Å². The van der Waals surface area contributed by atoms with Crippen molar-refractivity contribution in [2.24, 2.45) is 11.7 Å². The maximum Gasteiger partial charge on any atom is 0.223 e. The molecule has 0 heterocycles. The first-order valence-electron chi connectivity index (χ1n) is 7.20. The summed E-state index contributed by atoms with van der Waals surface area (Å²) in [5, 5.41) is 8.88. The van der Waals surface area contributed by atoms with E-state index in [1.807, 2.05) is 18.7 Å². The van der Waals surface area contributed by atoms with Crippen LogP contribution in [-0.2, 0) is 4.79 Å². The van der Waals surface area contributed by atoms with E-state index in [-0.39, 0.29) is 24.6 Å². The van der Waals surface area contributed by atoms with Crippen molar-refractivity contribution in [2.45, 2.75) is 64.5 Å². The summed E-state index contributed by atoms with van der Waals surface area (Å²) >= 11 is 0.